The SMILES string of the molecule is COc1ccc(-c2nc(C(CO)Oc3ccc(F)c(C(N)=O)c3F)oc2Br)nc1. The van der Waals surface area contributed by atoms with E-state index in [1.54, 1.807) is 12.1 Å². The van der Waals surface area contributed by atoms with Crippen molar-refractivity contribution in [1.29, 1.82) is 0 Å². The van der Waals surface area contributed by atoms with E-state index >= 15 is 0 Å². The summed E-state index contributed by atoms with van der Waals surface area (Å²) in [4.78, 5) is 19.7. The average molecular weight is 470 g/mol. The maximum Gasteiger partial charge on any atom is 0.254 e. The highest BCUT2D eigenvalue weighted by molar-refractivity contribution is 9.10. The number of benzene rings is 1. The summed E-state index contributed by atoms with van der Waals surface area (Å²) in [5, 5.41) is 9.64. The zero-order valence-corrected chi connectivity index (χ0v) is 16.4. The number of primary amides is 1. The van der Waals surface area contributed by atoms with Crippen LogP contribution in [0.15, 0.2) is 39.5 Å². The molecule has 0 spiro atoms. The van der Waals surface area contributed by atoms with Gasteiger partial charge in [-0.05, 0) is 40.2 Å². The lowest BCUT2D eigenvalue weighted by molar-refractivity contribution is 0.0880. The molecule has 1 amide bonds. The molecule has 0 bridgehead atoms. The Balaban J connectivity index is 1.92. The Hall–Kier alpha value is -3.05. The van der Waals surface area contributed by atoms with E-state index in [-0.39, 0.29) is 10.6 Å². The minimum absolute atomic E-state index is 0.101. The fraction of sp³-hybridized carbons (Fsp3) is 0.167. The van der Waals surface area contributed by atoms with Crippen LogP contribution in [-0.2, 0) is 0 Å². The van der Waals surface area contributed by atoms with Gasteiger partial charge < -0.3 is 24.7 Å². The van der Waals surface area contributed by atoms with Crippen molar-refractivity contribution in [2.45, 2.75) is 6.10 Å². The van der Waals surface area contributed by atoms with E-state index in [1.807, 2.05) is 0 Å². The number of aromatic nitrogens is 2. The van der Waals surface area contributed by atoms with Crippen molar-refractivity contribution in [3.63, 3.8) is 0 Å². The molecule has 1 unspecified atom stereocenters. The molecule has 0 saturated carbocycles. The molecule has 29 heavy (non-hydrogen) atoms. The van der Waals surface area contributed by atoms with E-state index < -0.39 is 41.6 Å². The average Bonchev–Trinajstić information content (AvgIpc) is 3.08. The first-order valence-electron chi connectivity index (χ1n) is 8.07. The number of methoxy groups -OCH3 is 1. The van der Waals surface area contributed by atoms with Crippen molar-refractivity contribution < 1.29 is 32.6 Å². The summed E-state index contributed by atoms with van der Waals surface area (Å²) in [7, 11) is 1.50. The molecule has 1 aromatic carbocycles. The number of aliphatic hydroxyl groups is 1. The van der Waals surface area contributed by atoms with Crippen molar-refractivity contribution in [3.05, 3.63) is 58.2 Å². The fourth-order valence-corrected chi connectivity index (χ4v) is 2.88. The fourth-order valence-electron chi connectivity index (χ4n) is 2.42. The van der Waals surface area contributed by atoms with Crippen molar-refractivity contribution in [3.8, 4) is 22.9 Å². The number of oxazole rings is 1. The van der Waals surface area contributed by atoms with Crippen molar-refractivity contribution in [1.82, 2.24) is 9.97 Å². The smallest absolute Gasteiger partial charge is 0.254 e. The number of carbonyl (C=O) groups is 1. The molecular weight excluding hydrogens is 456 g/mol. The van der Waals surface area contributed by atoms with E-state index in [1.165, 1.54) is 13.3 Å². The molecule has 0 aliphatic heterocycles. The summed E-state index contributed by atoms with van der Waals surface area (Å²) in [6.07, 6.45) is 0.231. The second kappa shape index (κ2) is 8.53. The van der Waals surface area contributed by atoms with E-state index in [0.717, 1.165) is 12.1 Å². The number of aliphatic hydroxyl groups excluding tert-OH is 1. The molecule has 152 valence electrons. The first-order valence-corrected chi connectivity index (χ1v) is 8.87. The lowest BCUT2D eigenvalue weighted by atomic mass is 10.1. The Labute approximate surface area is 171 Å². The summed E-state index contributed by atoms with van der Waals surface area (Å²) in [5.74, 6) is -3.78. The van der Waals surface area contributed by atoms with Gasteiger partial charge >= 0.3 is 0 Å². The van der Waals surface area contributed by atoms with Crippen LogP contribution < -0.4 is 15.2 Å². The lowest BCUT2D eigenvalue weighted by Gasteiger charge is -2.15. The van der Waals surface area contributed by atoms with Gasteiger partial charge in [0.15, 0.2) is 22.3 Å². The first-order chi connectivity index (χ1) is 13.8. The highest BCUT2D eigenvalue weighted by atomic mass is 79.9. The van der Waals surface area contributed by atoms with Crippen LogP contribution in [0.3, 0.4) is 0 Å². The summed E-state index contributed by atoms with van der Waals surface area (Å²) in [6.45, 7) is -0.648. The highest BCUT2D eigenvalue weighted by Gasteiger charge is 2.26. The predicted molar refractivity (Wildman–Crippen MR) is 99.3 cm³/mol. The van der Waals surface area contributed by atoms with Crippen LogP contribution in [0, 0.1) is 11.6 Å². The van der Waals surface area contributed by atoms with Gasteiger partial charge in [-0.3, -0.25) is 9.78 Å². The Kier molecular flexibility index (Phi) is 6.09. The molecule has 0 radical (unpaired) electrons. The molecular formula is C18H14BrF2N3O5. The first kappa shape index (κ1) is 20.7. The molecule has 2 heterocycles. The molecule has 3 N–H and O–H groups in total. The maximum absolute atomic E-state index is 14.4. The molecule has 0 saturated heterocycles. The molecule has 0 fully saturated rings. The second-order valence-electron chi connectivity index (χ2n) is 5.65. The van der Waals surface area contributed by atoms with E-state index in [0.29, 0.717) is 17.1 Å². The largest absolute Gasteiger partial charge is 0.495 e. The Morgan fingerprint density at radius 1 is 1.34 bits per heavy atom. The van der Waals surface area contributed by atoms with Crippen LogP contribution in [0.2, 0.25) is 0 Å². The summed E-state index contributed by atoms with van der Waals surface area (Å²) >= 11 is 3.20. The van der Waals surface area contributed by atoms with Crippen molar-refractivity contribution in [2.24, 2.45) is 5.73 Å². The maximum atomic E-state index is 14.4. The highest BCUT2D eigenvalue weighted by Crippen LogP contribution is 2.33. The van der Waals surface area contributed by atoms with Gasteiger partial charge in [0.25, 0.3) is 5.91 Å². The van der Waals surface area contributed by atoms with E-state index in [4.69, 9.17) is 19.6 Å². The quantitative estimate of drug-likeness (QED) is 0.545. The number of rotatable bonds is 7. The number of hydrogen-bond donors (Lipinski definition) is 2. The Morgan fingerprint density at radius 3 is 2.69 bits per heavy atom. The third kappa shape index (κ3) is 4.20. The molecule has 1 atom stereocenters. The Bertz CT molecular complexity index is 1040. The third-order valence-electron chi connectivity index (χ3n) is 3.83. The number of amides is 1. The Morgan fingerprint density at radius 2 is 2.10 bits per heavy atom. The normalized spacial score (nSPS) is 11.9. The number of nitrogens with zero attached hydrogens (tertiary/aromatic N) is 2. The van der Waals surface area contributed by atoms with Crippen LogP contribution in [-0.4, -0.2) is 34.7 Å². The topological polar surface area (TPSA) is 121 Å². The van der Waals surface area contributed by atoms with Crippen molar-refractivity contribution >= 4 is 21.8 Å². The van der Waals surface area contributed by atoms with Crippen LogP contribution in [0.25, 0.3) is 11.4 Å². The zero-order valence-electron chi connectivity index (χ0n) is 14.9. The van der Waals surface area contributed by atoms with Crippen LogP contribution in [0.4, 0.5) is 8.78 Å². The van der Waals surface area contributed by atoms with Crippen molar-refractivity contribution in [2.75, 3.05) is 13.7 Å². The number of nitrogens with two attached hydrogens (primary N) is 1. The number of ether oxygens (including phenoxy) is 2. The van der Waals surface area contributed by atoms with Gasteiger partial charge in [0.1, 0.15) is 22.8 Å². The molecule has 2 aromatic heterocycles. The predicted octanol–water partition coefficient (Wildman–Crippen LogP) is 3.00. The zero-order chi connectivity index (χ0) is 21.1. The van der Waals surface area contributed by atoms with Gasteiger partial charge in [-0.1, -0.05) is 0 Å². The molecule has 3 rings (SSSR count). The van der Waals surface area contributed by atoms with E-state index in [2.05, 4.69) is 25.9 Å². The molecule has 11 heteroatoms. The third-order valence-corrected chi connectivity index (χ3v) is 4.37. The number of pyridine rings is 1. The summed E-state index contributed by atoms with van der Waals surface area (Å²) in [5.41, 5.74) is 4.79. The number of hydrogen-bond acceptors (Lipinski definition) is 7. The summed E-state index contributed by atoms with van der Waals surface area (Å²) in [6, 6.07) is 5.09. The molecule has 8 nitrogen and oxygen atoms in total. The minimum atomic E-state index is -1.29. The minimum Gasteiger partial charge on any atom is -0.495 e. The van der Waals surface area contributed by atoms with Crippen LogP contribution >= 0.6 is 15.9 Å². The van der Waals surface area contributed by atoms with Crippen LogP contribution in [0.1, 0.15) is 22.4 Å². The van der Waals surface area contributed by atoms with Gasteiger partial charge in [-0.15, -0.1) is 0 Å². The summed E-state index contributed by atoms with van der Waals surface area (Å²) < 4.78 is 44.1. The van der Waals surface area contributed by atoms with Crippen LogP contribution in [0.5, 0.6) is 11.5 Å². The van der Waals surface area contributed by atoms with E-state index in [9.17, 15) is 18.7 Å². The number of carbonyl (C=O) groups excluding carboxylic acids is 1. The molecule has 0 aliphatic carbocycles. The van der Waals surface area contributed by atoms with Gasteiger partial charge in [0, 0.05) is 0 Å². The molecule has 0 aliphatic rings. The van der Waals surface area contributed by atoms with Gasteiger partial charge in [0.05, 0.1) is 25.6 Å². The number of halogens is 3. The standard InChI is InChI=1S/C18H14BrF2N3O5/c1-27-8-2-4-10(23-6-8)15-16(19)29-18(24-15)12(7-25)28-11-5-3-9(20)13(14(11)21)17(22)26/h2-6,12,25H,7H2,1H3,(H2,22,26). The van der Waals surface area contributed by atoms with Gasteiger partial charge in [-0.2, -0.15) is 0 Å². The lowest BCUT2D eigenvalue weighted by Crippen LogP contribution is -2.18. The van der Waals surface area contributed by atoms with Gasteiger partial charge in [0.2, 0.25) is 5.89 Å². The monoisotopic (exact) mass is 469 g/mol. The second-order valence-corrected chi connectivity index (χ2v) is 6.37. The molecule has 3 aromatic rings. The van der Waals surface area contributed by atoms with Gasteiger partial charge in [-0.25, -0.2) is 13.8 Å².